The first-order chi connectivity index (χ1) is 15.5. The van der Waals surface area contributed by atoms with E-state index in [9.17, 15) is 14.4 Å². The highest BCUT2D eigenvalue weighted by molar-refractivity contribution is 6.05. The van der Waals surface area contributed by atoms with E-state index in [1.165, 1.54) is 43.6 Å². The van der Waals surface area contributed by atoms with Gasteiger partial charge in [-0.1, -0.05) is 23.8 Å². The Balaban J connectivity index is 1.83. The van der Waals surface area contributed by atoms with E-state index in [0.717, 1.165) is 19.3 Å². The van der Waals surface area contributed by atoms with Gasteiger partial charge in [0.1, 0.15) is 5.70 Å². The lowest BCUT2D eigenvalue weighted by atomic mass is 9.97. The van der Waals surface area contributed by atoms with Crippen molar-refractivity contribution in [1.82, 2.24) is 5.32 Å². The van der Waals surface area contributed by atoms with Gasteiger partial charge in [0.25, 0.3) is 5.91 Å². The van der Waals surface area contributed by atoms with E-state index in [-0.39, 0.29) is 17.2 Å². The molecule has 1 aromatic carbocycles. The summed E-state index contributed by atoms with van der Waals surface area (Å²) in [4.78, 5) is 39.1. The predicted molar refractivity (Wildman–Crippen MR) is 122 cm³/mol. The molecule has 1 amide bonds. The Hall–Kier alpha value is -3.61. The summed E-state index contributed by atoms with van der Waals surface area (Å²) in [7, 11) is 2.49. The highest BCUT2D eigenvalue weighted by Gasteiger charge is 2.27. The van der Waals surface area contributed by atoms with E-state index in [1.807, 2.05) is 0 Å². The van der Waals surface area contributed by atoms with Crippen LogP contribution >= 0.6 is 0 Å². The summed E-state index contributed by atoms with van der Waals surface area (Å²) in [6, 6.07) is 6.86. The van der Waals surface area contributed by atoms with E-state index >= 15 is 0 Å². The quantitative estimate of drug-likeness (QED) is 0.517. The minimum atomic E-state index is -0.697. The predicted octanol–water partition coefficient (Wildman–Crippen LogP) is 3.80. The Bertz CT molecular complexity index is 1000. The monoisotopic (exact) mass is 436 g/mol. The molecule has 1 N–H and O–H groups in total. The fourth-order valence-corrected chi connectivity index (χ4v) is 3.73. The van der Waals surface area contributed by atoms with Crippen molar-refractivity contribution in [3.63, 3.8) is 0 Å². The second-order valence-electron chi connectivity index (χ2n) is 7.48. The van der Waals surface area contributed by atoms with Crippen LogP contribution in [0.5, 0.6) is 0 Å². The molecule has 0 fully saturated rings. The SMILES string of the molecule is COC(=O)C1=C(C(=O)OC)N(c2cccc(C(=O)NCCC3=CCCCC3)c2)C=CC=C1. The van der Waals surface area contributed by atoms with Crippen molar-refractivity contribution in [2.24, 2.45) is 0 Å². The minimum Gasteiger partial charge on any atom is -0.465 e. The zero-order chi connectivity index (χ0) is 22.9. The first-order valence-electron chi connectivity index (χ1n) is 10.7. The maximum Gasteiger partial charge on any atom is 0.355 e. The molecule has 2 aliphatic rings. The summed E-state index contributed by atoms with van der Waals surface area (Å²) in [5, 5.41) is 2.96. The molecule has 0 saturated carbocycles. The van der Waals surface area contributed by atoms with Gasteiger partial charge in [-0.3, -0.25) is 4.79 Å². The first kappa shape index (κ1) is 23.1. The van der Waals surface area contributed by atoms with Crippen LogP contribution in [-0.4, -0.2) is 38.6 Å². The zero-order valence-corrected chi connectivity index (χ0v) is 18.4. The number of anilines is 1. The highest BCUT2D eigenvalue weighted by atomic mass is 16.5. The second-order valence-corrected chi connectivity index (χ2v) is 7.48. The lowest BCUT2D eigenvalue weighted by Gasteiger charge is -2.23. The number of nitrogens with one attached hydrogen (secondary N) is 1. The van der Waals surface area contributed by atoms with Gasteiger partial charge in [0.05, 0.1) is 19.8 Å². The number of carbonyl (C=O) groups is 3. The molecule has 1 aliphatic heterocycles. The molecule has 1 aliphatic carbocycles. The average molecular weight is 437 g/mol. The summed E-state index contributed by atoms with van der Waals surface area (Å²) in [6.45, 7) is 0.572. The van der Waals surface area contributed by atoms with Crippen LogP contribution in [0.2, 0.25) is 0 Å². The first-order valence-corrected chi connectivity index (χ1v) is 10.7. The minimum absolute atomic E-state index is 0.00569. The van der Waals surface area contributed by atoms with Gasteiger partial charge >= 0.3 is 11.9 Å². The number of rotatable bonds is 7. The van der Waals surface area contributed by atoms with E-state index in [0.29, 0.717) is 17.8 Å². The van der Waals surface area contributed by atoms with Crippen molar-refractivity contribution in [3.05, 3.63) is 77.2 Å². The molecule has 0 unspecified atom stereocenters. The van der Waals surface area contributed by atoms with E-state index < -0.39 is 11.9 Å². The number of methoxy groups -OCH3 is 2. The Morgan fingerprint density at radius 1 is 1.06 bits per heavy atom. The standard InChI is InChI=1S/C25H28N2O5/c1-31-24(29)21-13-6-7-16-27(22(21)25(30)32-2)20-12-8-11-19(17-20)23(28)26-15-14-18-9-4-3-5-10-18/h6-9,11-13,16-17H,3-5,10,14-15H2,1-2H3,(H,26,28). The number of carbonyl (C=O) groups excluding carboxylic acids is 3. The van der Waals surface area contributed by atoms with Crippen LogP contribution in [0.3, 0.4) is 0 Å². The Morgan fingerprint density at radius 3 is 2.59 bits per heavy atom. The second kappa shape index (κ2) is 11.1. The number of benzene rings is 1. The van der Waals surface area contributed by atoms with E-state index in [1.54, 1.807) is 42.6 Å². The van der Waals surface area contributed by atoms with Crippen LogP contribution in [0.4, 0.5) is 5.69 Å². The van der Waals surface area contributed by atoms with Crippen LogP contribution in [0.25, 0.3) is 0 Å². The molecule has 0 spiro atoms. The van der Waals surface area contributed by atoms with Gasteiger partial charge in [-0.15, -0.1) is 0 Å². The van der Waals surface area contributed by atoms with Gasteiger partial charge in [0, 0.05) is 24.0 Å². The number of allylic oxidation sites excluding steroid dienone is 3. The topological polar surface area (TPSA) is 84.9 Å². The van der Waals surface area contributed by atoms with Crippen molar-refractivity contribution in [2.75, 3.05) is 25.7 Å². The van der Waals surface area contributed by atoms with Gasteiger partial charge < -0.3 is 19.7 Å². The molecule has 0 aromatic heterocycles. The summed E-state index contributed by atoms with van der Waals surface area (Å²) in [6.07, 6.45) is 14.2. The third-order valence-electron chi connectivity index (χ3n) is 5.39. The van der Waals surface area contributed by atoms with Crippen LogP contribution < -0.4 is 10.2 Å². The van der Waals surface area contributed by atoms with Crippen LogP contribution in [0, 0.1) is 0 Å². The smallest absolute Gasteiger partial charge is 0.355 e. The third-order valence-corrected chi connectivity index (χ3v) is 5.39. The van der Waals surface area contributed by atoms with E-state index in [2.05, 4.69) is 11.4 Å². The normalized spacial score (nSPS) is 15.7. The van der Waals surface area contributed by atoms with Crippen LogP contribution in [0.1, 0.15) is 42.5 Å². The average Bonchev–Trinajstić information content (AvgIpc) is 3.07. The Kier molecular flexibility index (Phi) is 8.02. The lowest BCUT2D eigenvalue weighted by Crippen LogP contribution is -2.28. The van der Waals surface area contributed by atoms with Crippen molar-refractivity contribution >= 4 is 23.5 Å². The number of hydrogen-bond donors (Lipinski definition) is 1. The van der Waals surface area contributed by atoms with Crippen molar-refractivity contribution in [2.45, 2.75) is 32.1 Å². The van der Waals surface area contributed by atoms with Crippen LogP contribution in [0.15, 0.2) is 71.6 Å². The Labute approximate surface area is 188 Å². The number of hydrogen-bond acceptors (Lipinski definition) is 6. The number of nitrogens with zero attached hydrogens (tertiary/aromatic N) is 1. The zero-order valence-electron chi connectivity index (χ0n) is 18.4. The molecule has 168 valence electrons. The lowest BCUT2D eigenvalue weighted by molar-refractivity contribution is -0.139. The molecule has 0 radical (unpaired) electrons. The molecule has 0 bridgehead atoms. The maximum atomic E-state index is 12.7. The van der Waals surface area contributed by atoms with Gasteiger partial charge in [0.2, 0.25) is 0 Å². The van der Waals surface area contributed by atoms with Crippen molar-refractivity contribution in [3.8, 4) is 0 Å². The molecule has 7 nitrogen and oxygen atoms in total. The maximum absolute atomic E-state index is 12.7. The molecule has 32 heavy (non-hydrogen) atoms. The highest BCUT2D eigenvalue weighted by Crippen LogP contribution is 2.27. The molecule has 1 aromatic rings. The molecule has 3 rings (SSSR count). The van der Waals surface area contributed by atoms with Crippen molar-refractivity contribution in [1.29, 1.82) is 0 Å². The van der Waals surface area contributed by atoms with Gasteiger partial charge in [-0.05, 0) is 62.5 Å². The molecule has 1 heterocycles. The molecule has 0 saturated heterocycles. The summed E-state index contributed by atoms with van der Waals surface area (Å²) < 4.78 is 9.74. The molecule has 7 heteroatoms. The molecule has 0 atom stereocenters. The number of esters is 2. The van der Waals surface area contributed by atoms with E-state index in [4.69, 9.17) is 9.47 Å². The molecular weight excluding hydrogens is 408 g/mol. The molecular formula is C25H28N2O5. The van der Waals surface area contributed by atoms with Crippen LogP contribution in [-0.2, 0) is 19.1 Å². The summed E-state index contributed by atoms with van der Waals surface area (Å²) >= 11 is 0. The summed E-state index contributed by atoms with van der Waals surface area (Å²) in [5.41, 5.74) is 2.45. The van der Waals surface area contributed by atoms with Gasteiger partial charge in [-0.25, -0.2) is 9.59 Å². The fraction of sp³-hybridized carbons (Fsp3) is 0.320. The largest absolute Gasteiger partial charge is 0.465 e. The summed E-state index contributed by atoms with van der Waals surface area (Å²) in [5.74, 6) is -1.56. The van der Waals surface area contributed by atoms with Gasteiger partial charge in [-0.2, -0.15) is 0 Å². The van der Waals surface area contributed by atoms with Gasteiger partial charge in [0.15, 0.2) is 0 Å². The Morgan fingerprint density at radius 2 is 1.88 bits per heavy atom. The third kappa shape index (κ3) is 5.55. The van der Waals surface area contributed by atoms with Crippen molar-refractivity contribution < 1.29 is 23.9 Å². The number of ether oxygens (including phenoxy) is 2. The fourth-order valence-electron chi connectivity index (χ4n) is 3.73. The number of amides is 1.